The van der Waals surface area contributed by atoms with Gasteiger partial charge in [0, 0.05) is 57.6 Å². The monoisotopic (exact) mass is 392 g/mol. The number of nitrogens with two attached hydrogens (primary N) is 1. The summed E-state index contributed by atoms with van der Waals surface area (Å²) in [6, 6.07) is 5.90. The fourth-order valence-corrected chi connectivity index (χ4v) is 3.77. The van der Waals surface area contributed by atoms with Gasteiger partial charge in [-0.2, -0.15) is 0 Å². The lowest BCUT2D eigenvalue weighted by molar-refractivity contribution is -0.894. The highest BCUT2D eigenvalue weighted by atomic mass is 16.5. The number of piperazine rings is 1. The molecule has 0 aromatic heterocycles. The van der Waals surface area contributed by atoms with Crippen molar-refractivity contribution < 1.29 is 14.0 Å². The third-order valence-corrected chi connectivity index (χ3v) is 5.73. The molecule has 1 fully saturated rings. The van der Waals surface area contributed by atoms with Gasteiger partial charge in [-0.25, -0.2) is 0 Å². The second-order valence-electron chi connectivity index (χ2n) is 8.50. The van der Waals surface area contributed by atoms with Crippen LogP contribution in [0.1, 0.15) is 6.42 Å². The van der Waals surface area contributed by atoms with Crippen LogP contribution in [0.5, 0.6) is 5.75 Å². The van der Waals surface area contributed by atoms with E-state index in [-0.39, 0.29) is 0 Å². The Bertz CT molecular complexity index is 600. The number of rotatable bonds is 10. The standard InChI is InChI=1S/C21H38N5O2/c1-26(2)13-10-24(11-14-26)8-3-15-27-16-7-23-6-9-25-12-17-28-21-18-19(22)4-5-20(21)25/h4-5,18,23H,3,6-17,22H2,1-2H3/q+1. The largest absolute Gasteiger partial charge is 0.489 e. The molecule has 158 valence electrons. The lowest BCUT2D eigenvalue weighted by Gasteiger charge is -2.39. The molecule has 0 amide bonds. The average Bonchev–Trinajstić information content (AvgIpc) is 2.67. The fourth-order valence-electron chi connectivity index (χ4n) is 3.77. The van der Waals surface area contributed by atoms with E-state index in [1.165, 1.54) is 26.2 Å². The first-order chi connectivity index (χ1) is 13.5. The lowest BCUT2D eigenvalue weighted by Crippen LogP contribution is -2.54. The summed E-state index contributed by atoms with van der Waals surface area (Å²) in [6.07, 6.45) is 1.13. The summed E-state index contributed by atoms with van der Waals surface area (Å²) in [6.45, 7) is 12.2. The summed E-state index contributed by atoms with van der Waals surface area (Å²) in [7, 11) is 4.64. The maximum absolute atomic E-state index is 5.84. The molecule has 0 aliphatic carbocycles. The van der Waals surface area contributed by atoms with E-state index in [0.29, 0.717) is 6.61 Å². The molecule has 2 aliphatic rings. The molecule has 0 radical (unpaired) electrons. The highest BCUT2D eigenvalue weighted by Gasteiger charge is 2.23. The minimum atomic E-state index is 0.715. The van der Waals surface area contributed by atoms with Gasteiger partial charge in [-0.1, -0.05) is 0 Å². The first kappa shape index (κ1) is 21.2. The molecule has 28 heavy (non-hydrogen) atoms. The number of nitrogen functional groups attached to an aromatic ring is 1. The van der Waals surface area contributed by atoms with Crippen molar-refractivity contribution in [1.82, 2.24) is 10.2 Å². The van der Waals surface area contributed by atoms with Crippen LogP contribution in [0.3, 0.4) is 0 Å². The number of ether oxygens (including phenoxy) is 2. The molecule has 2 aliphatic heterocycles. The van der Waals surface area contributed by atoms with E-state index in [1.807, 2.05) is 12.1 Å². The molecule has 1 aromatic rings. The van der Waals surface area contributed by atoms with Crippen molar-refractivity contribution in [1.29, 1.82) is 0 Å². The van der Waals surface area contributed by atoms with Gasteiger partial charge < -0.3 is 29.9 Å². The minimum Gasteiger partial charge on any atom is -0.489 e. The number of nitrogens with one attached hydrogen (secondary N) is 1. The Hall–Kier alpha value is -1.54. The van der Waals surface area contributed by atoms with Gasteiger partial charge in [-0.3, -0.25) is 4.90 Å². The van der Waals surface area contributed by atoms with Crippen LogP contribution >= 0.6 is 0 Å². The smallest absolute Gasteiger partial charge is 0.144 e. The zero-order valence-corrected chi connectivity index (χ0v) is 17.7. The Labute approximate surface area is 170 Å². The van der Waals surface area contributed by atoms with Crippen LogP contribution in [0, 0.1) is 0 Å². The van der Waals surface area contributed by atoms with E-state index in [2.05, 4.69) is 35.3 Å². The Kier molecular flexibility index (Phi) is 7.79. The summed E-state index contributed by atoms with van der Waals surface area (Å²) >= 11 is 0. The number of hydrogen-bond donors (Lipinski definition) is 2. The van der Waals surface area contributed by atoms with Gasteiger partial charge in [0.1, 0.15) is 12.4 Å². The molecule has 0 atom stereocenters. The summed E-state index contributed by atoms with van der Waals surface area (Å²) in [5, 5.41) is 3.48. The molecule has 7 heteroatoms. The van der Waals surface area contributed by atoms with Crippen LogP contribution in [0.15, 0.2) is 18.2 Å². The van der Waals surface area contributed by atoms with Crippen molar-refractivity contribution in [3.63, 3.8) is 0 Å². The molecule has 0 saturated carbocycles. The van der Waals surface area contributed by atoms with Crippen LogP contribution in [-0.4, -0.2) is 102 Å². The molecule has 1 saturated heterocycles. The normalized spacial score (nSPS) is 19.3. The molecule has 3 N–H and O–H groups in total. The van der Waals surface area contributed by atoms with Crippen LogP contribution in [-0.2, 0) is 4.74 Å². The topological polar surface area (TPSA) is 63.0 Å². The maximum atomic E-state index is 5.84. The van der Waals surface area contributed by atoms with Crippen LogP contribution < -0.4 is 20.7 Å². The van der Waals surface area contributed by atoms with Gasteiger partial charge in [0.05, 0.1) is 46.0 Å². The number of likely N-dealkylation sites (N-methyl/N-ethyl adjacent to an activating group) is 1. The van der Waals surface area contributed by atoms with Gasteiger partial charge in [0.15, 0.2) is 0 Å². The third kappa shape index (κ3) is 6.51. The molecule has 0 bridgehead atoms. The molecular weight excluding hydrogens is 354 g/mol. The SMILES string of the molecule is C[N+]1(C)CCN(CCCOCCNCCN2CCOc3cc(N)ccc32)CC1. The number of benzene rings is 1. The zero-order valence-electron chi connectivity index (χ0n) is 17.7. The van der Waals surface area contributed by atoms with E-state index >= 15 is 0 Å². The molecule has 1 aromatic carbocycles. The van der Waals surface area contributed by atoms with Crippen LogP contribution in [0.25, 0.3) is 0 Å². The average molecular weight is 393 g/mol. The minimum absolute atomic E-state index is 0.715. The zero-order chi connectivity index (χ0) is 19.8. The second kappa shape index (κ2) is 10.3. The summed E-state index contributed by atoms with van der Waals surface area (Å²) < 4.78 is 12.6. The second-order valence-corrected chi connectivity index (χ2v) is 8.50. The van der Waals surface area contributed by atoms with Crippen molar-refractivity contribution >= 4 is 11.4 Å². The Morgan fingerprint density at radius 3 is 2.75 bits per heavy atom. The number of quaternary nitrogens is 1. The summed E-state index contributed by atoms with van der Waals surface area (Å²) in [4.78, 5) is 4.92. The fraction of sp³-hybridized carbons (Fsp3) is 0.714. The molecular formula is C21H38N5O2+. The van der Waals surface area contributed by atoms with Crippen molar-refractivity contribution in [3.05, 3.63) is 18.2 Å². The molecule has 2 heterocycles. The first-order valence-electron chi connectivity index (χ1n) is 10.6. The summed E-state index contributed by atoms with van der Waals surface area (Å²) in [5.41, 5.74) is 7.73. The Morgan fingerprint density at radius 1 is 1.11 bits per heavy atom. The quantitative estimate of drug-likeness (QED) is 0.350. The van der Waals surface area contributed by atoms with Crippen molar-refractivity contribution in [2.24, 2.45) is 0 Å². The predicted molar refractivity (Wildman–Crippen MR) is 115 cm³/mol. The van der Waals surface area contributed by atoms with E-state index < -0.39 is 0 Å². The lowest BCUT2D eigenvalue weighted by atomic mass is 10.2. The van der Waals surface area contributed by atoms with Crippen molar-refractivity contribution in [2.75, 3.05) is 103 Å². The predicted octanol–water partition coefficient (Wildman–Crippen LogP) is 0.856. The van der Waals surface area contributed by atoms with Gasteiger partial charge in [-0.05, 0) is 18.6 Å². The number of nitrogens with zero attached hydrogens (tertiary/aromatic N) is 3. The number of fused-ring (bicyclic) bond motifs is 1. The highest BCUT2D eigenvalue weighted by molar-refractivity contribution is 5.65. The van der Waals surface area contributed by atoms with Crippen LogP contribution in [0.2, 0.25) is 0 Å². The van der Waals surface area contributed by atoms with E-state index in [0.717, 1.165) is 74.0 Å². The van der Waals surface area contributed by atoms with Gasteiger partial charge in [-0.15, -0.1) is 0 Å². The molecule has 0 unspecified atom stereocenters. The highest BCUT2D eigenvalue weighted by Crippen LogP contribution is 2.32. The van der Waals surface area contributed by atoms with E-state index in [9.17, 15) is 0 Å². The van der Waals surface area contributed by atoms with Gasteiger partial charge in [0.25, 0.3) is 0 Å². The van der Waals surface area contributed by atoms with E-state index in [4.69, 9.17) is 15.2 Å². The number of hydrogen-bond acceptors (Lipinski definition) is 6. The molecule has 0 spiro atoms. The maximum Gasteiger partial charge on any atom is 0.144 e. The van der Waals surface area contributed by atoms with Gasteiger partial charge in [0.2, 0.25) is 0 Å². The molecule has 3 rings (SSSR count). The van der Waals surface area contributed by atoms with E-state index in [1.54, 1.807) is 0 Å². The Balaban J connectivity index is 1.19. The molecule has 7 nitrogen and oxygen atoms in total. The summed E-state index contributed by atoms with van der Waals surface area (Å²) in [5.74, 6) is 0.894. The third-order valence-electron chi connectivity index (χ3n) is 5.73. The Morgan fingerprint density at radius 2 is 1.93 bits per heavy atom. The van der Waals surface area contributed by atoms with Crippen molar-refractivity contribution in [3.8, 4) is 5.75 Å². The first-order valence-corrected chi connectivity index (χ1v) is 10.6. The van der Waals surface area contributed by atoms with Crippen LogP contribution in [0.4, 0.5) is 11.4 Å². The van der Waals surface area contributed by atoms with Gasteiger partial charge >= 0.3 is 0 Å². The van der Waals surface area contributed by atoms with Crippen molar-refractivity contribution in [2.45, 2.75) is 6.42 Å². The number of anilines is 2.